The number of amides is 1. The molecule has 0 saturated heterocycles. The van der Waals surface area contributed by atoms with Crippen LogP contribution in [0.2, 0.25) is 0 Å². The molecule has 4 heteroatoms. The lowest BCUT2D eigenvalue weighted by Crippen LogP contribution is -2.32. The van der Waals surface area contributed by atoms with Gasteiger partial charge in [-0.3, -0.25) is 4.79 Å². The zero-order chi connectivity index (χ0) is 12.7. The molecule has 0 heterocycles. The second kappa shape index (κ2) is 6.91. The van der Waals surface area contributed by atoms with Crippen molar-refractivity contribution in [2.24, 2.45) is 5.92 Å². The van der Waals surface area contributed by atoms with E-state index in [4.69, 9.17) is 4.74 Å². The summed E-state index contributed by atoms with van der Waals surface area (Å²) < 4.78 is 5.04. The number of nitrogens with one attached hydrogen (secondary N) is 2. The van der Waals surface area contributed by atoms with E-state index in [9.17, 15) is 4.79 Å². The van der Waals surface area contributed by atoms with E-state index < -0.39 is 0 Å². The fraction of sp³-hybridized carbons (Fsp3) is 0.462. The first-order valence-corrected chi connectivity index (χ1v) is 5.74. The second-order valence-electron chi connectivity index (χ2n) is 4.10. The average Bonchev–Trinajstić information content (AvgIpc) is 2.36. The molecule has 1 unspecified atom stereocenters. The highest BCUT2D eigenvalue weighted by molar-refractivity contribution is 5.94. The van der Waals surface area contributed by atoms with Crippen LogP contribution in [0, 0.1) is 5.92 Å². The molecule has 0 aromatic heterocycles. The molecule has 4 nitrogen and oxygen atoms in total. The third kappa shape index (κ3) is 4.44. The molecule has 1 amide bonds. The largest absolute Gasteiger partial charge is 0.497 e. The first kappa shape index (κ1) is 13.5. The van der Waals surface area contributed by atoms with Crippen LogP contribution in [0.25, 0.3) is 0 Å². The van der Waals surface area contributed by atoms with E-state index >= 15 is 0 Å². The van der Waals surface area contributed by atoms with E-state index in [0.717, 1.165) is 12.3 Å². The van der Waals surface area contributed by atoms with Gasteiger partial charge in [0, 0.05) is 12.1 Å². The molecule has 1 aromatic rings. The zero-order valence-corrected chi connectivity index (χ0v) is 10.6. The molecule has 0 aliphatic rings. The fourth-order valence-electron chi connectivity index (χ4n) is 1.53. The summed E-state index contributed by atoms with van der Waals surface area (Å²) in [5.74, 6) is 1.13. The Morgan fingerprint density at radius 2 is 1.94 bits per heavy atom. The van der Waals surface area contributed by atoms with Crippen molar-refractivity contribution in [2.45, 2.75) is 6.92 Å². The normalized spacial score (nSPS) is 11.9. The lowest BCUT2D eigenvalue weighted by atomic mass is 10.1. The molecular weight excluding hydrogens is 216 g/mol. The van der Waals surface area contributed by atoms with Crippen molar-refractivity contribution in [3.63, 3.8) is 0 Å². The predicted octanol–water partition coefficient (Wildman–Crippen LogP) is 1.28. The molecule has 0 radical (unpaired) electrons. The van der Waals surface area contributed by atoms with Gasteiger partial charge in [-0.25, -0.2) is 0 Å². The Balaban J connectivity index is 2.46. The average molecular weight is 236 g/mol. The van der Waals surface area contributed by atoms with Crippen LogP contribution >= 0.6 is 0 Å². The Bertz CT molecular complexity index is 349. The first-order chi connectivity index (χ1) is 8.17. The number of carbonyl (C=O) groups excluding carboxylic acids is 1. The molecule has 0 aliphatic carbocycles. The van der Waals surface area contributed by atoms with Crippen LogP contribution in [0.1, 0.15) is 17.3 Å². The number of carbonyl (C=O) groups is 1. The Kier molecular flexibility index (Phi) is 5.49. The Morgan fingerprint density at radius 1 is 1.29 bits per heavy atom. The molecule has 1 atom stereocenters. The van der Waals surface area contributed by atoms with E-state index in [2.05, 4.69) is 17.6 Å². The minimum absolute atomic E-state index is 0.0457. The molecule has 1 aromatic carbocycles. The van der Waals surface area contributed by atoms with Crippen molar-refractivity contribution in [3.8, 4) is 5.75 Å². The number of ether oxygens (including phenoxy) is 1. The third-order valence-electron chi connectivity index (χ3n) is 2.52. The highest BCUT2D eigenvalue weighted by atomic mass is 16.5. The van der Waals surface area contributed by atoms with Gasteiger partial charge < -0.3 is 15.4 Å². The van der Waals surface area contributed by atoms with Gasteiger partial charge in [0.05, 0.1) is 7.11 Å². The third-order valence-corrected chi connectivity index (χ3v) is 2.52. The maximum atomic E-state index is 11.8. The maximum Gasteiger partial charge on any atom is 0.251 e. The summed E-state index contributed by atoms with van der Waals surface area (Å²) in [5, 5.41) is 5.98. The van der Waals surface area contributed by atoms with Gasteiger partial charge in [-0.15, -0.1) is 0 Å². The number of rotatable bonds is 6. The Morgan fingerprint density at radius 3 is 2.47 bits per heavy atom. The summed E-state index contributed by atoms with van der Waals surface area (Å²) in [6, 6.07) is 7.09. The minimum atomic E-state index is -0.0457. The van der Waals surface area contributed by atoms with Gasteiger partial charge in [-0.2, -0.15) is 0 Å². The van der Waals surface area contributed by atoms with Gasteiger partial charge in [-0.1, -0.05) is 6.92 Å². The topological polar surface area (TPSA) is 50.4 Å². The maximum absolute atomic E-state index is 11.8. The molecule has 0 bridgehead atoms. The molecule has 1 rings (SSSR count). The summed E-state index contributed by atoms with van der Waals surface area (Å²) in [6.45, 7) is 3.65. The van der Waals surface area contributed by atoms with Crippen LogP contribution < -0.4 is 15.4 Å². The van der Waals surface area contributed by atoms with Crippen molar-refractivity contribution >= 4 is 5.91 Å². The lowest BCUT2D eigenvalue weighted by molar-refractivity contribution is 0.0948. The van der Waals surface area contributed by atoms with E-state index in [1.54, 1.807) is 31.4 Å². The van der Waals surface area contributed by atoms with Crippen molar-refractivity contribution < 1.29 is 9.53 Å². The van der Waals surface area contributed by atoms with E-state index in [1.165, 1.54) is 0 Å². The van der Waals surface area contributed by atoms with Crippen LogP contribution in [0.15, 0.2) is 24.3 Å². The number of methoxy groups -OCH3 is 1. The van der Waals surface area contributed by atoms with Gasteiger partial charge in [0.25, 0.3) is 5.91 Å². The van der Waals surface area contributed by atoms with Crippen LogP contribution in [0.4, 0.5) is 0 Å². The molecule has 94 valence electrons. The highest BCUT2D eigenvalue weighted by Gasteiger charge is 2.07. The van der Waals surface area contributed by atoms with Crippen LogP contribution in [0.3, 0.4) is 0 Å². The summed E-state index contributed by atoms with van der Waals surface area (Å²) >= 11 is 0. The smallest absolute Gasteiger partial charge is 0.251 e. The van der Waals surface area contributed by atoms with Gasteiger partial charge >= 0.3 is 0 Å². The fourth-order valence-corrected chi connectivity index (χ4v) is 1.53. The molecule has 0 spiro atoms. The van der Waals surface area contributed by atoms with Crippen LogP contribution in [-0.2, 0) is 0 Å². The SMILES string of the molecule is CNCC(C)CNC(=O)c1ccc(OC)cc1. The van der Waals surface area contributed by atoms with Crippen molar-refractivity contribution in [1.82, 2.24) is 10.6 Å². The Hall–Kier alpha value is -1.55. The van der Waals surface area contributed by atoms with Crippen molar-refractivity contribution in [1.29, 1.82) is 0 Å². The first-order valence-electron chi connectivity index (χ1n) is 5.74. The van der Waals surface area contributed by atoms with Gasteiger partial charge in [0.15, 0.2) is 0 Å². The second-order valence-corrected chi connectivity index (χ2v) is 4.10. The standard InChI is InChI=1S/C13H20N2O2/c1-10(8-14-2)9-15-13(16)11-4-6-12(17-3)7-5-11/h4-7,10,14H,8-9H2,1-3H3,(H,15,16). The van der Waals surface area contributed by atoms with Crippen LogP contribution in [0.5, 0.6) is 5.75 Å². The molecule has 0 aliphatic heterocycles. The monoisotopic (exact) mass is 236 g/mol. The minimum Gasteiger partial charge on any atom is -0.497 e. The summed E-state index contributed by atoms with van der Waals surface area (Å²) in [5.41, 5.74) is 0.655. The molecule has 0 saturated carbocycles. The number of hydrogen-bond donors (Lipinski definition) is 2. The summed E-state index contributed by atoms with van der Waals surface area (Å²) in [7, 11) is 3.51. The van der Waals surface area contributed by atoms with Crippen molar-refractivity contribution in [3.05, 3.63) is 29.8 Å². The molecule has 2 N–H and O–H groups in total. The molecule has 0 fully saturated rings. The highest BCUT2D eigenvalue weighted by Crippen LogP contribution is 2.11. The summed E-state index contributed by atoms with van der Waals surface area (Å²) in [4.78, 5) is 11.8. The zero-order valence-electron chi connectivity index (χ0n) is 10.6. The Labute approximate surface area is 102 Å². The lowest BCUT2D eigenvalue weighted by Gasteiger charge is -2.12. The number of benzene rings is 1. The molecule has 17 heavy (non-hydrogen) atoms. The predicted molar refractivity (Wildman–Crippen MR) is 68.4 cm³/mol. The van der Waals surface area contributed by atoms with Gasteiger partial charge in [0.2, 0.25) is 0 Å². The van der Waals surface area contributed by atoms with E-state index in [0.29, 0.717) is 18.0 Å². The van der Waals surface area contributed by atoms with Gasteiger partial charge in [0.1, 0.15) is 5.75 Å². The number of hydrogen-bond acceptors (Lipinski definition) is 3. The van der Waals surface area contributed by atoms with Crippen LogP contribution in [-0.4, -0.2) is 33.2 Å². The quantitative estimate of drug-likeness (QED) is 0.782. The van der Waals surface area contributed by atoms with E-state index in [-0.39, 0.29) is 5.91 Å². The van der Waals surface area contributed by atoms with Gasteiger partial charge in [-0.05, 0) is 43.8 Å². The van der Waals surface area contributed by atoms with Crippen molar-refractivity contribution in [2.75, 3.05) is 27.2 Å². The molecular formula is C13H20N2O2. The van der Waals surface area contributed by atoms with E-state index in [1.807, 2.05) is 7.05 Å². The summed E-state index contributed by atoms with van der Waals surface area (Å²) in [6.07, 6.45) is 0.